The Balaban J connectivity index is 1.75. The molecule has 3 rings (SSSR count). The fourth-order valence-corrected chi connectivity index (χ4v) is 2.62. The third kappa shape index (κ3) is 2.70. The first-order valence-corrected chi connectivity index (χ1v) is 6.90. The number of fused-ring (bicyclic) bond motifs is 1. The van der Waals surface area contributed by atoms with Crippen LogP contribution in [0.4, 0.5) is 0 Å². The summed E-state index contributed by atoms with van der Waals surface area (Å²) < 4.78 is 11.2. The average Bonchev–Trinajstić information content (AvgIpc) is 2.95. The molecule has 0 atom stereocenters. The van der Waals surface area contributed by atoms with Gasteiger partial charge in [-0.1, -0.05) is 23.4 Å². The monoisotopic (exact) mass is 283 g/mol. The van der Waals surface area contributed by atoms with Crippen LogP contribution in [-0.2, 0) is 13.0 Å². The molecule has 2 aromatic carbocycles. The molecule has 0 saturated carbocycles. The van der Waals surface area contributed by atoms with Crippen LogP contribution < -0.4 is 9.47 Å². The van der Waals surface area contributed by atoms with Gasteiger partial charge in [-0.15, -0.1) is 0 Å². The molecule has 1 aliphatic rings. The topological polar surface area (TPSA) is 51.0 Å². The summed E-state index contributed by atoms with van der Waals surface area (Å²) in [5.74, 6) is 1.65. The summed E-state index contributed by atoms with van der Waals surface area (Å²) in [4.78, 5) is 0. The summed E-state index contributed by atoms with van der Waals surface area (Å²) in [5, 5.41) is 12.3. The zero-order valence-corrected chi connectivity index (χ0v) is 11.9. The van der Waals surface area contributed by atoms with Crippen LogP contribution in [0.2, 0.25) is 0 Å². The van der Waals surface area contributed by atoms with Gasteiger partial charge in [0, 0.05) is 11.1 Å². The second-order valence-corrected chi connectivity index (χ2v) is 4.97. The highest BCUT2D eigenvalue weighted by molar-refractivity contribution is 6.04. The van der Waals surface area contributed by atoms with E-state index in [1.165, 1.54) is 5.56 Å². The second-order valence-electron chi connectivity index (χ2n) is 4.97. The first-order valence-electron chi connectivity index (χ1n) is 6.90. The van der Waals surface area contributed by atoms with Crippen LogP contribution in [0, 0.1) is 0 Å². The number of hydrogen-bond acceptors (Lipinski definition) is 4. The van der Waals surface area contributed by atoms with Crippen molar-refractivity contribution in [2.24, 2.45) is 5.16 Å². The molecule has 21 heavy (non-hydrogen) atoms. The molecule has 0 aromatic heterocycles. The molecule has 0 aliphatic heterocycles. The smallest absolute Gasteiger partial charge is 0.125 e. The maximum atomic E-state index is 8.93. The first-order chi connectivity index (χ1) is 10.3. The zero-order chi connectivity index (χ0) is 14.7. The van der Waals surface area contributed by atoms with Gasteiger partial charge < -0.3 is 14.7 Å². The number of methoxy groups -OCH3 is 1. The normalized spacial score (nSPS) is 15.0. The van der Waals surface area contributed by atoms with Gasteiger partial charge in [-0.25, -0.2) is 0 Å². The van der Waals surface area contributed by atoms with E-state index in [0.717, 1.165) is 41.2 Å². The Hall–Kier alpha value is -2.49. The number of rotatable bonds is 4. The predicted octanol–water partition coefficient (Wildman–Crippen LogP) is 3.40. The van der Waals surface area contributed by atoms with E-state index in [2.05, 4.69) is 5.16 Å². The van der Waals surface area contributed by atoms with Gasteiger partial charge in [0.2, 0.25) is 0 Å². The number of aryl methyl sites for hydroxylation is 1. The third-order valence-corrected chi connectivity index (χ3v) is 3.73. The van der Waals surface area contributed by atoms with Crippen molar-refractivity contribution in [2.75, 3.05) is 7.11 Å². The van der Waals surface area contributed by atoms with Crippen LogP contribution in [0.1, 0.15) is 23.1 Å². The van der Waals surface area contributed by atoms with Crippen molar-refractivity contribution in [3.05, 3.63) is 59.2 Å². The fraction of sp³-hybridized carbons (Fsp3) is 0.235. The molecule has 1 aliphatic carbocycles. The van der Waals surface area contributed by atoms with Crippen LogP contribution in [0.15, 0.2) is 47.6 Å². The molecule has 1 N–H and O–H groups in total. The van der Waals surface area contributed by atoms with Gasteiger partial charge in [0.05, 0.1) is 12.8 Å². The summed E-state index contributed by atoms with van der Waals surface area (Å²) in [7, 11) is 1.66. The van der Waals surface area contributed by atoms with Crippen molar-refractivity contribution >= 4 is 5.71 Å². The molecule has 0 spiro atoms. The number of para-hydroxylation sites is 1. The molecule has 4 heteroatoms. The minimum absolute atomic E-state index is 0.462. The van der Waals surface area contributed by atoms with Gasteiger partial charge in [0.25, 0.3) is 0 Å². The van der Waals surface area contributed by atoms with Gasteiger partial charge >= 0.3 is 0 Å². The van der Waals surface area contributed by atoms with Crippen LogP contribution >= 0.6 is 0 Å². The van der Waals surface area contributed by atoms with E-state index in [-0.39, 0.29) is 0 Å². The van der Waals surface area contributed by atoms with E-state index in [0.29, 0.717) is 6.61 Å². The minimum Gasteiger partial charge on any atom is -0.496 e. The minimum atomic E-state index is 0.462. The van der Waals surface area contributed by atoms with Crippen molar-refractivity contribution in [1.82, 2.24) is 0 Å². The molecular weight excluding hydrogens is 266 g/mol. The molecule has 0 heterocycles. The Kier molecular flexibility index (Phi) is 3.77. The largest absolute Gasteiger partial charge is 0.496 e. The zero-order valence-electron chi connectivity index (χ0n) is 11.9. The molecular formula is C17H17NO3. The fourth-order valence-electron chi connectivity index (χ4n) is 2.62. The quantitative estimate of drug-likeness (QED) is 0.691. The standard InChI is InChI=1S/C17H17NO3/c1-20-17-5-3-2-4-13(17)11-21-14-7-8-15-12(10-14)6-9-16(15)18-19/h2-5,7-8,10,19H,6,9,11H2,1H3/b18-16+. The van der Waals surface area contributed by atoms with E-state index < -0.39 is 0 Å². The highest BCUT2D eigenvalue weighted by Crippen LogP contribution is 2.27. The summed E-state index contributed by atoms with van der Waals surface area (Å²) in [6.45, 7) is 0.462. The predicted molar refractivity (Wildman–Crippen MR) is 80.4 cm³/mol. The van der Waals surface area contributed by atoms with Gasteiger partial charge in [-0.3, -0.25) is 0 Å². The van der Waals surface area contributed by atoms with Gasteiger partial charge in [-0.2, -0.15) is 0 Å². The summed E-state index contributed by atoms with van der Waals surface area (Å²) in [6, 6.07) is 13.7. The number of ether oxygens (including phenoxy) is 2. The maximum Gasteiger partial charge on any atom is 0.125 e. The molecule has 0 amide bonds. The third-order valence-electron chi connectivity index (χ3n) is 3.73. The highest BCUT2D eigenvalue weighted by Gasteiger charge is 2.18. The summed E-state index contributed by atoms with van der Waals surface area (Å²) >= 11 is 0. The van der Waals surface area contributed by atoms with Gasteiger partial charge in [-0.05, 0) is 42.7 Å². The lowest BCUT2D eigenvalue weighted by Crippen LogP contribution is -1.99. The van der Waals surface area contributed by atoms with E-state index in [1.807, 2.05) is 42.5 Å². The van der Waals surface area contributed by atoms with Crippen molar-refractivity contribution < 1.29 is 14.7 Å². The van der Waals surface area contributed by atoms with E-state index >= 15 is 0 Å². The molecule has 0 fully saturated rings. The molecule has 0 unspecified atom stereocenters. The average molecular weight is 283 g/mol. The van der Waals surface area contributed by atoms with E-state index in [1.54, 1.807) is 7.11 Å². The molecule has 2 aromatic rings. The SMILES string of the molecule is COc1ccccc1COc1ccc2c(c1)CC/C2=N\O. The Morgan fingerprint density at radius 3 is 2.81 bits per heavy atom. The second kappa shape index (κ2) is 5.87. The molecule has 108 valence electrons. The Labute approximate surface area is 123 Å². The lowest BCUT2D eigenvalue weighted by Gasteiger charge is -2.11. The van der Waals surface area contributed by atoms with Crippen molar-refractivity contribution in [2.45, 2.75) is 19.4 Å². The van der Waals surface area contributed by atoms with E-state index in [4.69, 9.17) is 14.7 Å². The van der Waals surface area contributed by atoms with Crippen molar-refractivity contribution in [3.8, 4) is 11.5 Å². The van der Waals surface area contributed by atoms with E-state index in [9.17, 15) is 0 Å². The lowest BCUT2D eigenvalue weighted by atomic mass is 10.1. The van der Waals surface area contributed by atoms with Gasteiger partial charge in [0.15, 0.2) is 0 Å². The molecule has 4 nitrogen and oxygen atoms in total. The molecule has 0 bridgehead atoms. The van der Waals surface area contributed by atoms with Crippen LogP contribution in [0.5, 0.6) is 11.5 Å². The number of nitrogens with zero attached hydrogens (tertiary/aromatic N) is 1. The maximum absolute atomic E-state index is 8.93. The molecule has 0 radical (unpaired) electrons. The Morgan fingerprint density at radius 2 is 2.00 bits per heavy atom. The summed E-state index contributed by atoms with van der Waals surface area (Å²) in [6.07, 6.45) is 1.67. The number of oxime groups is 1. The first kappa shape index (κ1) is 13.5. The number of hydrogen-bond donors (Lipinski definition) is 1. The summed E-state index contributed by atoms with van der Waals surface area (Å²) in [5.41, 5.74) is 3.95. The van der Waals surface area contributed by atoms with Crippen molar-refractivity contribution in [3.63, 3.8) is 0 Å². The Bertz CT molecular complexity index is 679. The van der Waals surface area contributed by atoms with Gasteiger partial charge in [0.1, 0.15) is 18.1 Å². The Morgan fingerprint density at radius 1 is 1.14 bits per heavy atom. The van der Waals surface area contributed by atoms with Crippen LogP contribution in [0.3, 0.4) is 0 Å². The van der Waals surface area contributed by atoms with Crippen LogP contribution in [-0.4, -0.2) is 18.0 Å². The molecule has 0 saturated heterocycles. The van der Waals surface area contributed by atoms with Crippen molar-refractivity contribution in [1.29, 1.82) is 0 Å². The highest BCUT2D eigenvalue weighted by atomic mass is 16.5. The lowest BCUT2D eigenvalue weighted by molar-refractivity contribution is 0.296. The van der Waals surface area contributed by atoms with Crippen LogP contribution in [0.25, 0.3) is 0 Å². The number of benzene rings is 2.